The molecule has 0 aromatic heterocycles. The monoisotopic (exact) mass is 356 g/mol. The third kappa shape index (κ3) is 2.92. The Hall–Kier alpha value is -1.88. The standard InChI is InChI=1S/C21H28N2O3/c1-22-18(24)13-17(19(22)15-7-3-2-4-8-15)20(25)23-12-11-21(26)10-6-5-9-16(21)14-23/h2-4,7-8,16-17,19,26H,5-6,9-14H2,1H3/t16-,17?,19?,21-/m0/s1. The molecule has 3 fully saturated rings. The van der Waals surface area contributed by atoms with Gasteiger partial charge in [-0.25, -0.2) is 0 Å². The van der Waals surface area contributed by atoms with Crippen molar-refractivity contribution in [2.75, 3.05) is 20.1 Å². The number of hydrogen-bond acceptors (Lipinski definition) is 3. The molecular weight excluding hydrogens is 328 g/mol. The van der Waals surface area contributed by atoms with Crippen LogP contribution < -0.4 is 0 Å². The Morgan fingerprint density at radius 1 is 1.19 bits per heavy atom. The minimum absolute atomic E-state index is 0.0309. The lowest BCUT2D eigenvalue weighted by Gasteiger charge is -2.48. The molecular formula is C21H28N2O3. The number of rotatable bonds is 2. The molecule has 2 amide bonds. The molecule has 5 nitrogen and oxygen atoms in total. The van der Waals surface area contributed by atoms with Gasteiger partial charge in [0, 0.05) is 32.5 Å². The maximum absolute atomic E-state index is 13.3. The molecule has 4 rings (SSSR count). The van der Waals surface area contributed by atoms with E-state index in [2.05, 4.69) is 0 Å². The first-order chi connectivity index (χ1) is 12.5. The molecule has 2 unspecified atom stereocenters. The number of carbonyl (C=O) groups is 2. The number of likely N-dealkylation sites (tertiary alicyclic amines) is 2. The van der Waals surface area contributed by atoms with Gasteiger partial charge in [-0.2, -0.15) is 0 Å². The molecule has 0 spiro atoms. The first kappa shape index (κ1) is 17.5. The van der Waals surface area contributed by atoms with Crippen molar-refractivity contribution < 1.29 is 14.7 Å². The van der Waals surface area contributed by atoms with Gasteiger partial charge in [-0.1, -0.05) is 43.2 Å². The maximum Gasteiger partial charge on any atom is 0.228 e. The average molecular weight is 356 g/mol. The largest absolute Gasteiger partial charge is 0.389 e. The van der Waals surface area contributed by atoms with E-state index in [-0.39, 0.29) is 36.1 Å². The lowest BCUT2D eigenvalue weighted by Crippen LogP contribution is -2.55. The molecule has 0 radical (unpaired) electrons. The van der Waals surface area contributed by atoms with Crippen LogP contribution in [0, 0.1) is 11.8 Å². The van der Waals surface area contributed by atoms with Gasteiger partial charge in [0.15, 0.2) is 0 Å². The van der Waals surface area contributed by atoms with Crippen molar-refractivity contribution in [1.29, 1.82) is 0 Å². The summed E-state index contributed by atoms with van der Waals surface area (Å²) in [4.78, 5) is 29.3. The lowest BCUT2D eigenvalue weighted by molar-refractivity contribution is -0.148. The van der Waals surface area contributed by atoms with Crippen molar-refractivity contribution in [3.8, 4) is 0 Å². The second-order valence-electron chi connectivity index (χ2n) is 8.25. The van der Waals surface area contributed by atoms with Gasteiger partial charge in [-0.05, 0) is 24.8 Å². The number of benzene rings is 1. The maximum atomic E-state index is 13.3. The van der Waals surface area contributed by atoms with E-state index in [0.29, 0.717) is 19.5 Å². The van der Waals surface area contributed by atoms with Gasteiger partial charge >= 0.3 is 0 Å². The SMILES string of the molecule is CN1C(=O)CC(C(=O)N2CC[C@@]3(O)CCCC[C@H]3C2)C1c1ccccc1. The van der Waals surface area contributed by atoms with Crippen LogP contribution in [0.3, 0.4) is 0 Å². The summed E-state index contributed by atoms with van der Waals surface area (Å²) in [6, 6.07) is 9.66. The van der Waals surface area contributed by atoms with Crippen LogP contribution in [0.4, 0.5) is 0 Å². The van der Waals surface area contributed by atoms with Crippen LogP contribution in [-0.2, 0) is 9.59 Å². The number of amides is 2. The van der Waals surface area contributed by atoms with Crippen LogP contribution in [0.15, 0.2) is 30.3 Å². The van der Waals surface area contributed by atoms with Crippen LogP contribution in [0.2, 0.25) is 0 Å². The molecule has 5 heteroatoms. The summed E-state index contributed by atoms with van der Waals surface area (Å²) in [5.74, 6) is -0.0452. The average Bonchev–Trinajstić information content (AvgIpc) is 2.96. The second-order valence-corrected chi connectivity index (χ2v) is 8.25. The zero-order chi connectivity index (χ0) is 18.3. The van der Waals surface area contributed by atoms with E-state index in [9.17, 15) is 14.7 Å². The summed E-state index contributed by atoms with van der Waals surface area (Å²) in [5.41, 5.74) is 0.432. The molecule has 1 N–H and O–H groups in total. The van der Waals surface area contributed by atoms with Gasteiger partial charge in [0.25, 0.3) is 0 Å². The molecule has 1 aromatic carbocycles. The molecule has 2 aliphatic heterocycles. The fourth-order valence-corrected chi connectivity index (χ4v) is 5.20. The smallest absolute Gasteiger partial charge is 0.228 e. The number of fused-ring (bicyclic) bond motifs is 1. The van der Waals surface area contributed by atoms with Gasteiger partial charge in [0.1, 0.15) is 0 Å². The van der Waals surface area contributed by atoms with Gasteiger partial charge in [0.2, 0.25) is 11.8 Å². The Morgan fingerprint density at radius 2 is 1.96 bits per heavy atom. The zero-order valence-electron chi connectivity index (χ0n) is 15.4. The number of piperidine rings is 1. The summed E-state index contributed by atoms with van der Waals surface area (Å²) >= 11 is 0. The van der Waals surface area contributed by atoms with Gasteiger partial charge in [-0.15, -0.1) is 0 Å². The third-order valence-corrected chi connectivity index (χ3v) is 6.78. The Balaban J connectivity index is 1.54. The lowest BCUT2D eigenvalue weighted by atomic mass is 9.71. The number of aliphatic hydroxyl groups is 1. The fourth-order valence-electron chi connectivity index (χ4n) is 5.20. The highest BCUT2D eigenvalue weighted by atomic mass is 16.3. The van der Waals surface area contributed by atoms with Gasteiger partial charge < -0.3 is 14.9 Å². The normalized spacial score (nSPS) is 34.7. The fraction of sp³-hybridized carbons (Fsp3) is 0.619. The highest BCUT2D eigenvalue weighted by Crippen LogP contribution is 2.42. The van der Waals surface area contributed by atoms with Crippen molar-refractivity contribution in [2.45, 2.75) is 50.2 Å². The van der Waals surface area contributed by atoms with Crippen molar-refractivity contribution >= 4 is 11.8 Å². The van der Waals surface area contributed by atoms with Crippen molar-refractivity contribution in [1.82, 2.24) is 9.80 Å². The Kier molecular flexibility index (Phi) is 4.51. The van der Waals surface area contributed by atoms with E-state index in [0.717, 1.165) is 31.2 Å². The minimum Gasteiger partial charge on any atom is -0.389 e. The van der Waals surface area contributed by atoms with E-state index < -0.39 is 5.60 Å². The van der Waals surface area contributed by atoms with E-state index in [1.165, 1.54) is 0 Å². The molecule has 26 heavy (non-hydrogen) atoms. The van der Waals surface area contributed by atoms with E-state index >= 15 is 0 Å². The van der Waals surface area contributed by atoms with Crippen LogP contribution in [0.5, 0.6) is 0 Å². The summed E-state index contributed by atoms with van der Waals surface area (Å²) in [5, 5.41) is 10.9. The Bertz CT molecular complexity index is 692. The number of hydrogen-bond donors (Lipinski definition) is 1. The molecule has 0 bridgehead atoms. The summed E-state index contributed by atoms with van der Waals surface area (Å²) in [6.45, 7) is 1.23. The predicted octanol–water partition coefficient (Wildman–Crippen LogP) is 2.36. The number of nitrogens with zero attached hydrogens (tertiary/aromatic N) is 2. The summed E-state index contributed by atoms with van der Waals surface area (Å²) < 4.78 is 0. The highest BCUT2D eigenvalue weighted by Gasteiger charge is 2.48. The molecule has 2 heterocycles. The van der Waals surface area contributed by atoms with E-state index in [1.54, 1.807) is 11.9 Å². The molecule has 1 saturated carbocycles. The molecule has 1 aliphatic carbocycles. The van der Waals surface area contributed by atoms with Crippen LogP contribution >= 0.6 is 0 Å². The molecule has 3 aliphatic rings. The first-order valence-electron chi connectivity index (χ1n) is 9.81. The third-order valence-electron chi connectivity index (χ3n) is 6.78. The first-order valence-corrected chi connectivity index (χ1v) is 9.81. The van der Waals surface area contributed by atoms with Crippen molar-refractivity contribution in [2.24, 2.45) is 11.8 Å². The summed E-state index contributed by atoms with van der Waals surface area (Å²) in [6.07, 6.45) is 5.00. The van der Waals surface area contributed by atoms with E-state index in [4.69, 9.17) is 0 Å². The Morgan fingerprint density at radius 3 is 2.73 bits per heavy atom. The molecule has 1 aromatic rings. The quantitative estimate of drug-likeness (QED) is 0.885. The molecule has 4 atom stereocenters. The zero-order valence-corrected chi connectivity index (χ0v) is 15.4. The van der Waals surface area contributed by atoms with Crippen molar-refractivity contribution in [3.63, 3.8) is 0 Å². The van der Waals surface area contributed by atoms with Gasteiger partial charge in [0.05, 0.1) is 17.6 Å². The Labute approximate surface area is 155 Å². The summed E-state index contributed by atoms with van der Waals surface area (Å²) in [7, 11) is 1.80. The minimum atomic E-state index is -0.587. The van der Waals surface area contributed by atoms with Crippen molar-refractivity contribution in [3.05, 3.63) is 35.9 Å². The molecule has 140 valence electrons. The second kappa shape index (κ2) is 6.69. The van der Waals surface area contributed by atoms with Crippen LogP contribution in [0.25, 0.3) is 0 Å². The molecule has 2 saturated heterocycles. The topological polar surface area (TPSA) is 60.9 Å². The van der Waals surface area contributed by atoms with Crippen LogP contribution in [0.1, 0.15) is 50.1 Å². The van der Waals surface area contributed by atoms with Crippen LogP contribution in [-0.4, -0.2) is 52.5 Å². The highest BCUT2D eigenvalue weighted by molar-refractivity contribution is 5.90. The van der Waals surface area contributed by atoms with E-state index in [1.807, 2.05) is 35.2 Å². The predicted molar refractivity (Wildman–Crippen MR) is 98.2 cm³/mol. The van der Waals surface area contributed by atoms with Gasteiger partial charge in [-0.3, -0.25) is 9.59 Å². The number of carbonyl (C=O) groups excluding carboxylic acids is 2.